The smallest absolute Gasteiger partial charge is 0.0700 e. The number of nitrogens with one attached hydrogen (secondary N) is 1. The van der Waals surface area contributed by atoms with E-state index in [4.69, 9.17) is 4.74 Å². The normalized spacial score (nSPS) is 18.7. The number of anilines is 1. The molecule has 106 valence electrons. The highest BCUT2D eigenvalue weighted by molar-refractivity contribution is 5.47. The Bertz CT molecular complexity index is 354. The molecule has 1 fully saturated rings. The monoisotopic (exact) mass is 262 g/mol. The Morgan fingerprint density at radius 3 is 2.53 bits per heavy atom. The Labute approximate surface area is 116 Å². The van der Waals surface area contributed by atoms with Crippen LogP contribution in [0.2, 0.25) is 0 Å². The molecule has 0 saturated carbocycles. The summed E-state index contributed by atoms with van der Waals surface area (Å²) in [5.41, 5.74) is 2.65. The van der Waals surface area contributed by atoms with E-state index in [-0.39, 0.29) is 0 Å². The Morgan fingerprint density at radius 1 is 1.21 bits per heavy atom. The lowest BCUT2D eigenvalue weighted by molar-refractivity contribution is 0.110. The highest BCUT2D eigenvalue weighted by Gasteiger charge is 2.14. The number of benzene rings is 1. The minimum absolute atomic E-state index is 0.426. The van der Waals surface area contributed by atoms with Crippen molar-refractivity contribution in [3.63, 3.8) is 0 Å². The summed E-state index contributed by atoms with van der Waals surface area (Å²) in [6.07, 6.45) is 2.84. The van der Waals surface area contributed by atoms with Gasteiger partial charge in [-0.25, -0.2) is 0 Å². The number of nitrogens with zero attached hydrogens (tertiary/aromatic N) is 1. The molecule has 3 nitrogen and oxygen atoms in total. The summed E-state index contributed by atoms with van der Waals surface area (Å²) >= 11 is 0. The highest BCUT2D eigenvalue weighted by atomic mass is 16.5. The molecule has 3 heteroatoms. The van der Waals surface area contributed by atoms with E-state index in [1.807, 2.05) is 0 Å². The van der Waals surface area contributed by atoms with Crippen molar-refractivity contribution in [2.24, 2.45) is 0 Å². The summed E-state index contributed by atoms with van der Waals surface area (Å²) in [7, 11) is 0. The van der Waals surface area contributed by atoms with Gasteiger partial charge < -0.3 is 15.0 Å². The lowest BCUT2D eigenvalue weighted by Crippen LogP contribution is -2.26. The molecule has 1 saturated heterocycles. The largest absolute Gasteiger partial charge is 0.377 e. The molecule has 1 aliphatic heterocycles. The van der Waals surface area contributed by atoms with Gasteiger partial charge in [0.2, 0.25) is 0 Å². The average Bonchev–Trinajstić information content (AvgIpc) is 2.95. The fraction of sp³-hybridized carbons (Fsp3) is 0.625. The standard InChI is InChI=1S/C16H26N2O/c1-3-18(4-2)15-9-7-14(8-10-15)12-17-13-16-6-5-11-19-16/h7-10,16-17H,3-6,11-13H2,1-2H3/t16-/m0/s1. The van der Waals surface area contributed by atoms with Crippen LogP contribution in [0.4, 0.5) is 5.69 Å². The number of hydrogen-bond acceptors (Lipinski definition) is 3. The molecule has 1 aromatic rings. The lowest BCUT2D eigenvalue weighted by atomic mass is 10.2. The van der Waals surface area contributed by atoms with Crippen LogP contribution in [0.25, 0.3) is 0 Å². The van der Waals surface area contributed by atoms with Gasteiger partial charge in [0.05, 0.1) is 6.10 Å². The fourth-order valence-electron chi connectivity index (χ4n) is 2.60. The summed E-state index contributed by atoms with van der Waals surface area (Å²) in [6, 6.07) is 8.87. The molecule has 0 aromatic heterocycles. The van der Waals surface area contributed by atoms with Crippen molar-refractivity contribution < 1.29 is 4.74 Å². The van der Waals surface area contributed by atoms with Crippen LogP contribution >= 0.6 is 0 Å². The summed E-state index contributed by atoms with van der Waals surface area (Å²) in [5, 5.41) is 3.48. The summed E-state index contributed by atoms with van der Waals surface area (Å²) in [4.78, 5) is 2.36. The molecule has 1 aliphatic rings. The topological polar surface area (TPSA) is 24.5 Å². The Morgan fingerprint density at radius 2 is 1.95 bits per heavy atom. The van der Waals surface area contributed by atoms with Crippen molar-refractivity contribution in [1.82, 2.24) is 5.32 Å². The average molecular weight is 262 g/mol. The van der Waals surface area contributed by atoms with Gasteiger partial charge in [0.25, 0.3) is 0 Å². The Balaban J connectivity index is 1.77. The van der Waals surface area contributed by atoms with Crippen LogP contribution in [-0.2, 0) is 11.3 Å². The second-order valence-corrected chi connectivity index (χ2v) is 5.10. The van der Waals surface area contributed by atoms with Crippen molar-refractivity contribution in [1.29, 1.82) is 0 Å². The molecule has 0 spiro atoms. The first-order valence-electron chi connectivity index (χ1n) is 7.49. The van der Waals surface area contributed by atoms with E-state index < -0.39 is 0 Å². The molecule has 0 bridgehead atoms. The Kier molecular flexibility index (Phi) is 5.67. The number of rotatable bonds is 7. The van der Waals surface area contributed by atoms with Gasteiger partial charge in [-0.1, -0.05) is 12.1 Å². The molecule has 19 heavy (non-hydrogen) atoms. The van der Waals surface area contributed by atoms with E-state index in [9.17, 15) is 0 Å². The SMILES string of the molecule is CCN(CC)c1ccc(CNC[C@@H]2CCCO2)cc1. The van der Waals surface area contributed by atoms with E-state index in [1.54, 1.807) is 0 Å². The van der Waals surface area contributed by atoms with E-state index in [0.29, 0.717) is 6.10 Å². The third-order valence-electron chi connectivity index (χ3n) is 3.79. The molecular formula is C16H26N2O. The van der Waals surface area contributed by atoms with Crippen LogP contribution in [0.3, 0.4) is 0 Å². The zero-order valence-corrected chi connectivity index (χ0v) is 12.2. The minimum atomic E-state index is 0.426. The molecule has 1 N–H and O–H groups in total. The lowest BCUT2D eigenvalue weighted by Gasteiger charge is -2.21. The van der Waals surface area contributed by atoms with Gasteiger partial charge in [-0.3, -0.25) is 0 Å². The second-order valence-electron chi connectivity index (χ2n) is 5.10. The van der Waals surface area contributed by atoms with Gasteiger partial charge in [-0.15, -0.1) is 0 Å². The minimum Gasteiger partial charge on any atom is -0.377 e. The third kappa shape index (κ3) is 4.22. The van der Waals surface area contributed by atoms with Crippen molar-refractivity contribution in [3.05, 3.63) is 29.8 Å². The molecule has 1 heterocycles. The molecule has 1 atom stereocenters. The zero-order chi connectivity index (χ0) is 13.5. The molecule has 0 radical (unpaired) electrons. The van der Waals surface area contributed by atoms with Gasteiger partial charge >= 0.3 is 0 Å². The molecule has 0 amide bonds. The van der Waals surface area contributed by atoms with E-state index in [0.717, 1.165) is 32.8 Å². The maximum Gasteiger partial charge on any atom is 0.0700 e. The van der Waals surface area contributed by atoms with Crippen LogP contribution in [-0.4, -0.2) is 32.3 Å². The van der Waals surface area contributed by atoms with Crippen LogP contribution < -0.4 is 10.2 Å². The predicted molar refractivity (Wildman–Crippen MR) is 80.7 cm³/mol. The van der Waals surface area contributed by atoms with Crippen LogP contribution in [0.5, 0.6) is 0 Å². The number of ether oxygens (including phenoxy) is 1. The van der Waals surface area contributed by atoms with Crippen LogP contribution in [0.15, 0.2) is 24.3 Å². The van der Waals surface area contributed by atoms with Crippen molar-refractivity contribution in [3.8, 4) is 0 Å². The van der Waals surface area contributed by atoms with Gasteiger partial charge in [-0.05, 0) is 44.4 Å². The second kappa shape index (κ2) is 7.51. The van der Waals surface area contributed by atoms with Gasteiger partial charge in [0.1, 0.15) is 0 Å². The van der Waals surface area contributed by atoms with E-state index in [2.05, 4.69) is 48.3 Å². The molecule has 0 unspecified atom stereocenters. The van der Waals surface area contributed by atoms with Crippen LogP contribution in [0.1, 0.15) is 32.3 Å². The number of hydrogen-bond donors (Lipinski definition) is 1. The fourth-order valence-corrected chi connectivity index (χ4v) is 2.60. The maximum atomic E-state index is 5.60. The predicted octanol–water partition coefficient (Wildman–Crippen LogP) is 2.80. The van der Waals surface area contributed by atoms with Gasteiger partial charge in [0, 0.05) is 38.5 Å². The molecule has 1 aromatic carbocycles. The first-order valence-corrected chi connectivity index (χ1v) is 7.49. The maximum absolute atomic E-state index is 5.60. The Hall–Kier alpha value is -1.06. The first-order chi connectivity index (χ1) is 9.33. The molecule has 2 rings (SSSR count). The van der Waals surface area contributed by atoms with Crippen molar-refractivity contribution >= 4 is 5.69 Å². The van der Waals surface area contributed by atoms with E-state index >= 15 is 0 Å². The molecular weight excluding hydrogens is 236 g/mol. The summed E-state index contributed by atoms with van der Waals surface area (Å²) in [5.74, 6) is 0. The summed E-state index contributed by atoms with van der Waals surface area (Å²) in [6.45, 7) is 9.35. The molecule has 0 aliphatic carbocycles. The quantitative estimate of drug-likeness (QED) is 0.818. The van der Waals surface area contributed by atoms with Crippen molar-refractivity contribution in [2.45, 2.75) is 39.3 Å². The summed E-state index contributed by atoms with van der Waals surface area (Å²) < 4.78 is 5.60. The van der Waals surface area contributed by atoms with Crippen molar-refractivity contribution in [2.75, 3.05) is 31.1 Å². The van der Waals surface area contributed by atoms with Crippen LogP contribution in [0, 0.1) is 0 Å². The highest BCUT2D eigenvalue weighted by Crippen LogP contribution is 2.15. The van der Waals surface area contributed by atoms with Gasteiger partial charge in [0.15, 0.2) is 0 Å². The first kappa shape index (κ1) is 14.4. The third-order valence-corrected chi connectivity index (χ3v) is 3.79. The zero-order valence-electron chi connectivity index (χ0n) is 12.2. The van der Waals surface area contributed by atoms with E-state index in [1.165, 1.54) is 24.1 Å². The van der Waals surface area contributed by atoms with Gasteiger partial charge in [-0.2, -0.15) is 0 Å².